The molecular weight excluding hydrogens is 280 g/mol. The fraction of sp³-hybridized carbons (Fsp3) is 0.941. The fourth-order valence-corrected chi connectivity index (χ4v) is 4.26. The highest BCUT2D eigenvalue weighted by Gasteiger charge is 2.38. The van der Waals surface area contributed by atoms with Gasteiger partial charge in [-0.25, -0.2) is 0 Å². The molecule has 1 amide bonds. The predicted octanol–water partition coefficient (Wildman–Crippen LogP) is 1.25. The molecule has 3 rings (SSSR count). The van der Waals surface area contributed by atoms with Gasteiger partial charge in [-0.1, -0.05) is 19.3 Å². The summed E-state index contributed by atoms with van der Waals surface area (Å²) in [5.74, 6) is 0.540. The second kappa shape index (κ2) is 7.75. The second-order valence-corrected chi connectivity index (χ2v) is 7.07. The Kier molecular flexibility index (Phi) is 5.71. The van der Waals surface area contributed by atoms with E-state index < -0.39 is 0 Å². The van der Waals surface area contributed by atoms with Crippen LogP contribution in [0.5, 0.6) is 0 Å². The molecule has 5 heteroatoms. The summed E-state index contributed by atoms with van der Waals surface area (Å²) in [7, 11) is 0. The van der Waals surface area contributed by atoms with E-state index in [2.05, 4.69) is 4.90 Å². The predicted molar refractivity (Wildman–Crippen MR) is 84.6 cm³/mol. The van der Waals surface area contributed by atoms with Gasteiger partial charge in [-0.05, 0) is 25.7 Å². The Bertz CT molecular complexity index is 369. The van der Waals surface area contributed by atoms with Crippen LogP contribution in [0.15, 0.2) is 0 Å². The van der Waals surface area contributed by atoms with Gasteiger partial charge in [0.05, 0.1) is 25.9 Å². The summed E-state index contributed by atoms with van der Waals surface area (Å²) in [6.07, 6.45) is 7.60. The molecule has 0 aromatic rings. The van der Waals surface area contributed by atoms with Gasteiger partial charge >= 0.3 is 0 Å². The van der Waals surface area contributed by atoms with Gasteiger partial charge in [0.15, 0.2) is 0 Å². The SMILES string of the molecule is O=C(CN1CCOC[C@@H]1[C@@H]1CCC[C@@H]1O)N1CCCCCC1. The average Bonchev–Trinajstić information content (AvgIpc) is 2.78. The lowest BCUT2D eigenvalue weighted by molar-refractivity contribution is -0.136. The smallest absolute Gasteiger partial charge is 0.236 e. The number of carbonyl (C=O) groups is 1. The van der Waals surface area contributed by atoms with E-state index >= 15 is 0 Å². The number of amides is 1. The van der Waals surface area contributed by atoms with E-state index in [9.17, 15) is 9.90 Å². The molecule has 0 unspecified atom stereocenters. The van der Waals surface area contributed by atoms with Crippen molar-refractivity contribution in [2.45, 2.75) is 57.1 Å². The normalized spacial score (nSPS) is 34.6. The van der Waals surface area contributed by atoms with Gasteiger partial charge in [0, 0.05) is 31.6 Å². The number of aliphatic hydroxyl groups is 1. The van der Waals surface area contributed by atoms with Gasteiger partial charge in [-0.2, -0.15) is 0 Å². The summed E-state index contributed by atoms with van der Waals surface area (Å²) < 4.78 is 5.64. The molecule has 0 spiro atoms. The van der Waals surface area contributed by atoms with Crippen LogP contribution in [-0.4, -0.2) is 72.4 Å². The zero-order valence-corrected chi connectivity index (χ0v) is 13.6. The number of nitrogens with zero attached hydrogens (tertiary/aromatic N) is 2. The van der Waals surface area contributed by atoms with Crippen molar-refractivity contribution in [1.82, 2.24) is 9.80 Å². The Hall–Kier alpha value is -0.650. The summed E-state index contributed by atoms with van der Waals surface area (Å²) in [5, 5.41) is 10.2. The molecule has 0 aromatic heterocycles. The maximum Gasteiger partial charge on any atom is 0.236 e. The van der Waals surface area contributed by atoms with Crippen LogP contribution in [0.25, 0.3) is 0 Å². The van der Waals surface area contributed by atoms with Crippen LogP contribution in [0.4, 0.5) is 0 Å². The second-order valence-electron chi connectivity index (χ2n) is 7.07. The maximum absolute atomic E-state index is 12.6. The number of hydrogen-bond acceptors (Lipinski definition) is 4. The van der Waals surface area contributed by atoms with E-state index in [1.807, 2.05) is 4.90 Å². The van der Waals surface area contributed by atoms with E-state index in [-0.39, 0.29) is 24.0 Å². The zero-order chi connectivity index (χ0) is 15.4. The monoisotopic (exact) mass is 310 g/mol. The number of carbonyl (C=O) groups excluding carboxylic acids is 1. The summed E-state index contributed by atoms with van der Waals surface area (Å²) >= 11 is 0. The molecule has 3 atom stereocenters. The highest BCUT2D eigenvalue weighted by atomic mass is 16.5. The first kappa shape index (κ1) is 16.2. The zero-order valence-electron chi connectivity index (χ0n) is 13.6. The largest absolute Gasteiger partial charge is 0.393 e. The quantitative estimate of drug-likeness (QED) is 0.852. The van der Waals surface area contributed by atoms with Crippen molar-refractivity contribution in [3.05, 3.63) is 0 Å². The molecule has 3 aliphatic rings. The summed E-state index contributed by atoms with van der Waals surface area (Å²) in [5.41, 5.74) is 0. The van der Waals surface area contributed by atoms with Crippen molar-refractivity contribution in [3.8, 4) is 0 Å². The minimum Gasteiger partial charge on any atom is -0.393 e. The van der Waals surface area contributed by atoms with Crippen molar-refractivity contribution in [3.63, 3.8) is 0 Å². The van der Waals surface area contributed by atoms with E-state index in [4.69, 9.17) is 4.74 Å². The van der Waals surface area contributed by atoms with Crippen molar-refractivity contribution < 1.29 is 14.6 Å². The topological polar surface area (TPSA) is 53.0 Å². The van der Waals surface area contributed by atoms with Crippen molar-refractivity contribution in [2.24, 2.45) is 5.92 Å². The Labute approximate surface area is 133 Å². The highest BCUT2D eigenvalue weighted by Crippen LogP contribution is 2.32. The molecule has 1 N–H and O–H groups in total. The Morgan fingerprint density at radius 2 is 1.82 bits per heavy atom. The molecule has 1 aliphatic carbocycles. The van der Waals surface area contributed by atoms with Gasteiger partial charge in [0.25, 0.3) is 0 Å². The fourth-order valence-electron chi connectivity index (χ4n) is 4.26. The molecule has 0 aromatic carbocycles. The lowest BCUT2D eigenvalue weighted by Crippen LogP contribution is -2.54. The minimum atomic E-state index is -0.220. The van der Waals surface area contributed by atoms with Crippen molar-refractivity contribution in [1.29, 1.82) is 0 Å². The van der Waals surface area contributed by atoms with Crippen molar-refractivity contribution in [2.75, 3.05) is 39.4 Å². The third kappa shape index (κ3) is 3.81. The van der Waals surface area contributed by atoms with Crippen LogP contribution < -0.4 is 0 Å². The molecule has 126 valence electrons. The van der Waals surface area contributed by atoms with Gasteiger partial charge in [0.2, 0.25) is 5.91 Å². The van der Waals surface area contributed by atoms with Crippen LogP contribution >= 0.6 is 0 Å². The van der Waals surface area contributed by atoms with E-state index in [1.165, 1.54) is 12.8 Å². The van der Waals surface area contributed by atoms with Gasteiger partial charge in [-0.15, -0.1) is 0 Å². The number of morpholine rings is 1. The third-order valence-electron chi connectivity index (χ3n) is 5.60. The van der Waals surface area contributed by atoms with Gasteiger partial charge < -0.3 is 14.7 Å². The molecule has 3 fully saturated rings. The van der Waals surface area contributed by atoms with Gasteiger partial charge in [0.1, 0.15) is 0 Å². The summed E-state index contributed by atoms with van der Waals surface area (Å²) in [4.78, 5) is 17.0. The molecule has 0 radical (unpaired) electrons. The standard InChI is InChI=1S/C17H30N2O3/c20-16-7-5-6-14(16)15-13-22-11-10-19(15)12-17(21)18-8-3-1-2-4-9-18/h14-16,20H,1-13H2/t14-,15+,16-/m0/s1. The van der Waals surface area contributed by atoms with Crippen LogP contribution in [0.1, 0.15) is 44.9 Å². The number of rotatable bonds is 3. The van der Waals surface area contributed by atoms with Crippen LogP contribution in [-0.2, 0) is 9.53 Å². The van der Waals surface area contributed by atoms with E-state index in [0.29, 0.717) is 19.8 Å². The van der Waals surface area contributed by atoms with E-state index in [1.54, 1.807) is 0 Å². The number of ether oxygens (including phenoxy) is 1. The van der Waals surface area contributed by atoms with Crippen LogP contribution in [0, 0.1) is 5.92 Å². The highest BCUT2D eigenvalue weighted by molar-refractivity contribution is 5.78. The first-order chi connectivity index (χ1) is 10.8. The Morgan fingerprint density at radius 1 is 1.05 bits per heavy atom. The molecule has 1 saturated carbocycles. The van der Waals surface area contributed by atoms with E-state index in [0.717, 1.165) is 51.7 Å². The molecule has 2 aliphatic heterocycles. The van der Waals surface area contributed by atoms with Gasteiger partial charge in [-0.3, -0.25) is 9.69 Å². The van der Waals surface area contributed by atoms with Crippen molar-refractivity contribution >= 4 is 5.91 Å². The molecule has 2 heterocycles. The first-order valence-corrected chi connectivity index (χ1v) is 9.03. The molecule has 0 bridgehead atoms. The number of hydrogen-bond donors (Lipinski definition) is 1. The molecular formula is C17H30N2O3. The summed E-state index contributed by atoms with van der Waals surface area (Å²) in [6.45, 7) is 4.51. The number of aliphatic hydroxyl groups excluding tert-OH is 1. The lowest BCUT2D eigenvalue weighted by atomic mass is 9.94. The summed E-state index contributed by atoms with van der Waals surface area (Å²) in [6, 6.07) is 0.210. The van der Waals surface area contributed by atoms with Crippen LogP contribution in [0.2, 0.25) is 0 Å². The Morgan fingerprint density at radius 3 is 2.50 bits per heavy atom. The maximum atomic E-state index is 12.6. The number of likely N-dealkylation sites (tertiary alicyclic amines) is 1. The molecule has 5 nitrogen and oxygen atoms in total. The van der Waals surface area contributed by atoms with Crippen LogP contribution in [0.3, 0.4) is 0 Å². The average molecular weight is 310 g/mol. The minimum absolute atomic E-state index is 0.210. The third-order valence-corrected chi connectivity index (χ3v) is 5.60. The Balaban J connectivity index is 1.59. The molecule has 22 heavy (non-hydrogen) atoms. The first-order valence-electron chi connectivity index (χ1n) is 9.03. The lowest BCUT2D eigenvalue weighted by Gasteiger charge is -2.40. The molecule has 2 saturated heterocycles.